The Morgan fingerprint density at radius 2 is 1.71 bits per heavy atom. The van der Waals surface area contributed by atoms with Gasteiger partial charge in [0.15, 0.2) is 0 Å². The summed E-state index contributed by atoms with van der Waals surface area (Å²) in [6.07, 6.45) is 0. The molecule has 0 spiro atoms. The molecule has 0 aromatic heterocycles. The van der Waals surface area contributed by atoms with Crippen LogP contribution in [0.2, 0.25) is 0 Å². The summed E-state index contributed by atoms with van der Waals surface area (Å²) in [6.45, 7) is 1.76. The second-order valence-electron chi connectivity index (χ2n) is 5.95. The van der Waals surface area contributed by atoms with Gasteiger partial charge < -0.3 is 15.5 Å². The highest BCUT2D eigenvalue weighted by Crippen LogP contribution is 2.39. The van der Waals surface area contributed by atoms with Crippen molar-refractivity contribution in [1.29, 1.82) is 0 Å². The first-order valence-corrected chi connectivity index (χ1v) is 7.98. The van der Waals surface area contributed by atoms with E-state index in [1.807, 2.05) is 48.5 Å². The van der Waals surface area contributed by atoms with Crippen molar-refractivity contribution in [2.24, 2.45) is 0 Å². The van der Waals surface area contributed by atoms with Crippen LogP contribution in [0.1, 0.15) is 18.5 Å². The highest BCUT2D eigenvalue weighted by molar-refractivity contribution is 6.06. The molecule has 0 bridgehead atoms. The molecule has 1 aliphatic heterocycles. The number of carbonyl (C=O) groups excluding carboxylic acids is 2. The number of fused-ring (bicyclic) bond motifs is 3. The number of nitrogens with one attached hydrogen (secondary N) is 2. The third-order valence-corrected chi connectivity index (χ3v) is 4.52. The summed E-state index contributed by atoms with van der Waals surface area (Å²) in [5, 5.41) is 5.79. The average molecular weight is 323 g/mol. The molecule has 124 valence electrons. The molecule has 2 N–H and O–H groups in total. The van der Waals surface area contributed by atoms with Crippen molar-refractivity contribution in [3.8, 4) is 11.1 Å². The molecule has 5 heteroatoms. The Kier molecular flexibility index (Phi) is 4.36. The maximum absolute atomic E-state index is 13.0. The lowest BCUT2D eigenvalue weighted by Crippen LogP contribution is -2.46. The van der Waals surface area contributed by atoms with Gasteiger partial charge in [0.2, 0.25) is 5.91 Å². The lowest BCUT2D eigenvalue weighted by atomic mass is 9.95. The monoisotopic (exact) mass is 323 g/mol. The molecule has 0 radical (unpaired) electrons. The number of hydrogen-bond donors (Lipinski definition) is 2. The summed E-state index contributed by atoms with van der Waals surface area (Å²) in [7, 11) is 3.46. The molecule has 0 fully saturated rings. The van der Waals surface area contributed by atoms with E-state index >= 15 is 0 Å². The zero-order chi connectivity index (χ0) is 17.3. The quantitative estimate of drug-likeness (QED) is 0.909. The molecule has 2 aromatic carbocycles. The van der Waals surface area contributed by atoms with Gasteiger partial charge in [0.1, 0.15) is 6.04 Å². The van der Waals surface area contributed by atoms with Crippen LogP contribution in [-0.2, 0) is 9.59 Å². The Balaban J connectivity index is 2.12. The standard InChI is InChI=1S/C19H21N3O2/c1-12(20-2)18(23)21-17-15-10-5-4-8-13(15)14-9-6-7-11-16(14)22(3)19(17)24/h4-12,17,20H,1-3H3,(H,21,23). The maximum atomic E-state index is 13.0. The zero-order valence-corrected chi connectivity index (χ0v) is 14.0. The number of amides is 2. The van der Waals surface area contributed by atoms with E-state index in [-0.39, 0.29) is 17.9 Å². The summed E-state index contributed by atoms with van der Waals surface area (Å²) >= 11 is 0. The summed E-state index contributed by atoms with van der Waals surface area (Å²) in [4.78, 5) is 27.0. The molecule has 2 amide bonds. The molecule has 2 atom stereocenters. The Hall–Kier alpha value is -2.66. The van der Waals surface area contributed by atoms with Gasteiger partial charge in [0.25, 0.3) is 5.91 Å². The van der Waals surface area contributed by atoms with Crippen molar-refractivity contribution in [3.05, 3.63) is 54.1 Å². The smallest absolute Gasteiger partial charge is 0.253 e. The molecule has 5 nitrogen and oxygen atoms in total. The molecular formula is C19H21N3O2. The highest BCUT2D eigenvalue weighted by Gasteiger charge is 2.33. The second kappa shape index (κ2) is 6.45. The largest absolute Gasteiger partial charge is 0.339 e. The first-order chi connectivity index (χ1) is 11.5. The number of rotatable bonds is 3. The molecule has 1 aliphatic rings. The molecule has 2 unspecified atom stereocenters. The van der Waals surface area contributed by atoms with Crippen molar-refractivity contribution in [1.82, 2.24) is 10.6 Å². The van der Waals surface area contributed by atoms with E-state index < -0.39 is 6.04 Å². The van der Waals surface area contributed by atoms with E-state index in [9.17, 15) is 9.59 Å². The maximum Gasteiger partial charge on any atom is 0.253 e. The van der Waals surface area contributed by atoms with Gasteiger partial charge in [-0.15, -0.1) is 0 Å². The summed E-state index contributed by atoms with van der Waals surface area (Å²) in [6, 6.07) is 14.4. The third-order valence-electron chi connectivity index (χ3n) is 4.52. The molecule has 0 saturated carbocycles. The van der Waals surface area contributed by atoms with Crippen molar-refractivity contribution >= 4 is 17.5 Å². The van der Waals surface area contributed by atoms with Crippen molar-refractivity contribution < 1.29 is 9.59 Å². The normalized spacial score (nSPS) is 17.5. The van der Waals surface area contributed by atoms with Crippen molar-refractivity contribution in [3.63, 3.8) is 0 Å². The number of carbonyl (C=O) groups is 2. The average Bonchev–Trinajstić information content (AvgIpc) is 2.71. The van der Waals surface area contributed by atoms with E-state index in [4.69, 9.17) is 0 Å². The first-order valence-electron chi connectivity index (χ1n) is 7.98. The van der Waals surface area contributed by atoms with E-state index in [1.54, 1.807) is 25.9 Å². The number of benzene rings is 2. The van der Waals surface area contributed by atoms with Gasteiger partial charge in [-0.3, -0.25) is 9.59 Å². The minimum Gasteiger partial charge on any atom is -0.339 e. The predicted molar refractivity (Wildman–Crippen MR) is 94.7 cm³/mol. The van der Waals surface area contributed by atoms with Crippen LogP contribution < -0.4 is 15.5 Å². The number of para-hydroxylation sites is 1. The van der Waals surface area contributed by atoms with Crippen LogP contribution in [0.15, 0.2) is 48.5 Å². The van der Waals surface area contributed by atoms with Gasteiger partial charge in [0.05, 0.1) is 11.7 Å². The van der Waals surface area contributed by atoms with Gasteiger partial charge in [0, 0.05) is 12.6 Å². The predicted octanol–water partition coefficient (Wildman–Crippen LogP) is 2.10. The van der Waals surface area contributed by atoms with Crippen LogP contribution in [0.25, 0.3) is 11.1 Å². The van der Waals surface area contributed by atoms with Crippen molar-refractivity contribution in [2.75, 3.05) is 19.0 Å². The SMILES string of the molecule is CNC(C)C(=O)NC1C(=O)N(C)c2ccccc2-c2ccccc21. The molecule has 3 rings (SSSR count). The van der Waals surface area contributed by atoms with Crippen LogP contribution >= 0.6 is 0 Å². The first kappa shape index (κ1) is 16.2. The van der Waals surface area contributed by atoms with E-state index in [2.05, 4.69) is 10.6 Å². The Morgan fingerprint density at radius 3 is 2.42 bits per heavy atom. The van der Waals surface area contributed by atoms with Crippen molar-refractivity contribution in [2.45, 2.75) is 19.0 Å². The summed E-state index contributed by atoms with van der Waals surface area (Å²) in [5.74, 6) is -0.353. The Morgan fingerprint density at radius 1 is 1.08 bits per heavy atom. The number of likely N-dealkylation sites (N-methyl/N-ethyl adjacent to an activating group) is 2. The van der Waals surface area contributed by atoms with Crippen LogP contribution in [-0.4, -0.2) is 32.0 Å². The minimum absolute atomic E-state index is 0.149. The topological polar surface area (TPSA) is 61.4 Å². The van der Waals surface area contributed by atoms with Crippen LogP contribution in [0.3, 0.4) is 0 Å². The second-order valence-corrected chi connectivity index (χ2v) is 5.95. The van der Waals surface area contributed by atoms with Crippen LogP contribution in [0.4, 0.5) is 5.69 Å². The number of hydrogen-bond acceptors (Lipinski definition) is 3. The summed E-state index contributed by atoms with van der Waals surface area (Å²) < 4.78 is 0. The Bertz CT molecular complexity index is 788. The lowest BCUT2D eigenvalue weighted by molar-refractivity contribution is -0.128. The molecule has 2 aromatic rings. The fourth-order valence-corrected chi connectivity index (χ4v) is 2.97. The Labute approximate surface area is 141 Å². The fourth-order valence-electron chi connectivity index (χ4n) is 2.97. The zero-order valence-electron chi connectivity index (χ0n) is 14.0. The van der Waals surface area contributed by atoms with E-state index in [0.717, 1.165) is 22.4 Å². The van der Waals surface area contributed by atoms with Gasteiger partial charge >= 0.3 is 0 Å². The van der Waals surface area contributed by atoms with Gasteiger partial charge in [-0.25, -0.2) is 0 Å². The molecule has 1 heterocycles. The van der Waals surface area contributed by atoms with Gasteiger partial charge in [-0.1, -0.05) is 42.5 Å². The molecule has 0 aliphatic carbocycles. The molecule has 0 saturated heterocycles. The van der Waals surface area contributed by atoms with Gasteiger partial charge in [-0.2, -0.15) is 0 Å². The fraction of sp³-hybridized carbons (Fsp3) is 0.263. The van der Waals surface area contributed by atoms with E-state index in [1.165, 1.54) is 0 Å². The van der Waals surface area contributed by atoms with Crippen LogP contribution in [0.5, 0.6) is 0 Å². The number of anilines is 1. The lowest BCUT2D eigenvalue weighted by Gasteiger charge is -2.24. The minimum atomic E-state index is -0.707. The molecule has 24 heavy (non-hydrogen) atoms. The van der Waals surface area contributed by atoms with Gasteiger partial charge in [-0.05, 0) is 31.2 Å². The molecular weight excluding hydrogens is 302 g/mol. The highest BCUT2D eigenvalue weighted by atomic mass is 16.2. The number of nitrogens with zero attached hydrogens (tertiary/aromatic N) is 1. The van der Waals surface area contributed by atoms with E-state index in [0.29, 0.717) is 0 Å². The third kappa shape index (κ3) is 2.67. The van der Waals surface area contributed by atoms with Crippen LogP contribution in [0, 0.1) is 0 Å². The summed E-state index contributed by atoms with van der Waals surface area (Å²) in [5.41, 5.74) is 3.61.